The van der Waals surface area contributed by atoms with Gasteiger partial charge in [-0.1, -0.05) is 13.8 Å². The molecule has 8 nitrogen and oxygen atoms in total. The van der Waals surface area contributed by atoms with E-state index < -0.39 is 23.2 Å². The van der Waals surface area contributed by atoms with Crippen molar-refractivity contribution in [2.45, 2.75) is 51.2 Å². The molecule has 0 spiro atoms. The van der Waals surface area contributed by atoms with Crippen molar-refractivity contribution in [3.8, 4) is 0 Å². The summed E-state index contributed by atoms with van der Waals surface area (Å²) in [7, 11) is 1.66. The molecule has 0 bridgehead atoms. The number of aldehydes is 1. The number of ether oxygens (including phenoxy) is 1. The molecule has 1 aromatic heterocycles. The number of hydrogen-bond donors (Lipinski definition) is 2. The van der Waals surface area contributed by atoms with Gasteiger partial charge in [0, 0.05) is 41.9 Å². The fraction of sp³-hybridized carbons (Fsp3) is 0.579. The summed E-state index contributed by atoms with van der Waals surface area (Å²) in [6, 6.07) is 1.07. The number of thioether (sulfide) groups is 1. The average molecular weight is 409 g/mol. The van der Waals surface area contributed by atoms with E-state index in [9.17, 15) is 14.4 Å². The summed E-state index contributed by atoms with van der Waals surface area (Å²) in [6.07, 6.45) is 1.96. The molecule has 0 aliphatic carbocycles. The zero-order valence-corrected chi connectivity index (χ0v) is 18.0. The molecule has 2 N–H and O–H groups in total. The standard InChI is InChI=1S/C19H28N4O4S/c1-18(2,3)27-17(26)22-12-9-28-14-8-20-15(21-10-19(4,5)11-24)7-13(14)23(6)16(12)25/h7-8,11-12H,9-10H2,1-6H3,(H,20,21)(H,22,26)/t12-/m0/s1. The lowest BCUT2D eigenvalue weighted by Crippen LogP contribution is -2.49. The van der Waals surface area contributed by atoms with E-state index in [0.717, 1.165) is 11.2 Å². The van der Waals surface area contributed by atoms with E-state index in [1.54, 1.807) is 40.1 Å². The fourth-order valence-electron chi connectivity index (χ4n) is 2.41. The monoisotopic (exact) mass is 408 g/mol. The number of carbonyl (C=O) groups is 3. The van der Waals surface area contributed by atoms with Crippen LogP contribution in [0.1, 0.15) is 34.6 Å². The van der Waals surface area contributed by atoms with Gasteiger partial charge in [-0.25, -0.2) is 9.78 Å². The minimum absolute atomic E-state index is 0.234. The predicted molar refractivity (Wildman–Crippen MR) is 110 cm³/mol. The quantitative estimate of drug-likeness (QED) is 0.723. The van der Waals surface area contributed by atoms with Gasteiger partial charge >= 0.3 is 6.09 Å². The van der Waals surface area contributed by atoms with Crippen LogP contribution in [0.5, 0.6) is 0 Å². The Morgan fingerprint density at radius 3 is 2.68 bits per heavy atom. The van der Waals surface area contributed by atoms with Gasteiger partial charge in [0.1, 0.15) is 23.7 Å². The number of anilines is 2. The number of fused-ring (bicyclic) bond motifs is 1. The summed E-state index contributed by atoms with van der Waals surface area (Å²) in [5.41, 5.74) is -0.461. The van der Waals surface area contributed by atoms with Gasteiger partial charge < -0.3 is 25.1 Å². The lowest BCUT2D eigenvalue weighted by molar-refractivity contribution is -0.119. The van der Waals surface area contributed by atoms with Crippen LogP contribution in [0.15, 0.2) is 17.2 Å². The van der Waals surface area contributed by atoms with Crippen LogP contribution in [-0.4, -0.2) is 54.3 Å². The number of aromatic nitrogens is 1. The van der Waals surface area contributed by atoms with E-state index in [0.29, 0.717) is 23.8 Å². The molecule has 1 atom stereocenters. The minimum Gasteiger partial charge on any atom is -0.444 e. The molecule has 2 heterocycles. The Hall–Kier alpha value is -2.29. The Balaban J connectivity index is 2.13. The Labute approximate surface area is 169 Å². The zero-order chi connectivity index (χ0) is 21.1. The molecule has 0 aromatic carbocycles. The lowest BCUT2D eigenvalue weighted by atomic mass is 9.96. The number of nitrogens with zero attached hydrogens (tertiary/aromatic N) is 2. The maximum Gasteiger partial charge on any atom is 0.408 e. The molecular formula is C19H28N4O4S. The molecule has 0 saturated heterocycles. The number of nitrogens with one attached hydrogen (secondary N) is 2. The van der Waals surface area contributed by atoms with Crippen LogP contribution in [0, 0.1) is 5.41 Å². The smallest absolute Gasteiger partial charge is 0.408 e. The van der Waals surface area contributed by atoms with Gasteiger partial charge in [-0.05, 0) is 20.8 Å². The van der Waals surface area contributed by atoms with E-state index in [-0.39, 0.29) is 5.91 Å². The second kappa shape index (κ2) is 8.38. The van der Waals surface area contributed by atoms with Crippen molar-refractivity contribution in [1.82, 2.24) is 10.3 Å². The highest BCUT2D eigenvalue weighted by Gasteiger charge is 2.31. The Morgan fingerprint density at radius 2 is 2.07 bits per heavy atom. The third-order valence-electron chi connectivity index (χ3n) is 3.98. The molecule has 0 unspecified atom stereocenters. The summed E-state index contributed by atoms with van der Waals surface area (Å²) in [6.45, 7) is 9.39. The van der Waals surface area contributed by atoms with Gasteiger partial charge in [-0.15, -0.1) is 11.8 Å². The average Bonchev–Trinajstić information content (AvgIpc) is 2.71. The van der Waals surface area contributed by atoms with Crippen LogP contribution in [0.25, 0.3) is 0 Å². The van der Waals surface area contributed by atoms with Gasteiger partial charge in [0.15, 0.2) is 0 Å². The first-order valence-electron chi connectivity index (χ1n) is 9.02. The molecular weight excluding hydrogens is 380 g/mol. The normalized spacial score (nSPS) is 17.4. The number of carbonyl (C=O) groups excluding carboxylic acids is 3. The summed E-state index contributed by atoms with van der Waals surface area (Å²) < 4.78 is 5.25. The summed E-state index contributed by atoms with van der Waals surface area (Å²) in [5, 5.41) is 5.78. The van der Waals surface area contributed by atoms with Gasteiger partial charge in [-0.3, -0.25) is 4.79 Å². The highest BCUT2D eigenvalue weighted by molar-refractivity contribution is 7.99. The van der Waals surface area contributed by atoms with Gasteiger partial charge in [0.25, 0.3) is 0 Å². The topological polar surface area (TPSA) is 101 Å². The van der Waals surface area contributed by atoms with Crippen molar-refractivity contribution in [2.75, 3.05) is 29.6 Å². The molecule has 2 amide bonds. The summed E-state index contributed by atoms with van der Waals surface area (Å²) >= 11 is 1.44. The Kier molecular flexibility index (Phi) is 6.59. The van der Waals surface area contributed by atoms with Crippen molar-refractivity contribution in [3.05, 3.63) is 12.3 Å². The molecule has 2 rings (SSSR count). The number of amides is 2. The van der Waals surface area contributed by atoms with E-state index in [1.807, 2.05) is 13.8 Å². The van der Waals surface area contributed by atoms with Crippen LogP contribution in [-0.2, 0) is 14.3 Å². The number of pyridine rings is 1. The zero-order valence-electron chi connectivity index (χ0n) is 17.2. The maximum atomic E-state index is 12.8. The van der Waals surface area contributed by atoms with Gasteiger partial charge in [0.2, 0.25) is 5.91 Å². The minimum atomic E-state index is -0.706. The molecule has 9 heteroatoms. The van der Waals surface area contributed by atoms with Crippen molar-refractivity contribution in [3.63, 3.8) is 0 Å². The molecule has 28 heavy (non-hydrogen) atoms. The van der Waals surface area contributed by atoms with Crippen molar-refractivity contribution >= 4 is 41.6 Å². The maximum absolute atomic E-state index is 12.8. The summed E-state index contributed by atoms with van der Waals surface area (Å²) in [4.78, 5) is 42.7. The van der Waals surface area contributed by atoms with Crippen molar-refractivity contribution in [2.24, 2.45) is 5.41 Å². The predicted octanol–water partition coefficient (Wildman–Crippen LogP) is 2.68. The fourth-order valence-corrected chi connectivity index (χ4v) is 3.46. The lowest BCUT2D eigenvalue weighted by Gasteiger charge is -2.24. The largest absolute Gasteiger partial charge is 0.444 e. The Morgan fingerprint density at radius 1 is 1.39 bits per heavy atom. The van der Waals surface area contributed by atoms with Crippen LogP contribution in [0.3, 0.4) is 0 Å². The molecule has 154 valence electrons. The first-order chi connectivity index (χ1) is 12.9. The molecule has 0 saturated carbocycles. The van der Waals surface area contributed by atoms with Crippen molar-refractivity contribution in [1.29, 1.82) is 0 Å². The Bertz CT molecular complexity index is 761. The highest BCUT2D eigenvalue weighted by Crippen LogP contribution is 2.34. The van der Waals surface area contributed by atoms with Gasteiger partial charge in [-0.2, -0.15) is 0 Å². The van der Waals surface area contributed by atoms with E-state index in [1.165, 1.54) is 16.7 Å². The first-order valence-corrected chi connectivity index (χ1v) is 10.0. The number of alkyl carbamates (subject to hydrolysis) is 1. The van der Waals surface area contributed by atoms with Crippen LogP contribution < -0.4 is 15.5 Å². The van der Waals surface area contributed by atoms with E-state index in [4.69, 9.17) is 4.74 Å². The third-order valence-corrected chi connectivity index (χ3v) is 5.10. The van der Waals surface area contributed by atoms with Crippen LogP contribution in [0.4, 0.5) is 16.3 Å². The molecule has 0 fully saturated rings. The molecule has 1 aliphatic rings. The van der Waals surface area contributed by atoms with Crippen LogP contribution >= 0.6 is 11.8 Å². The molecule has 1 aromatic rings. The second-order valence-electron chi connectivity index (χ2n) is 8.40. The third kappa shape index (κ3) is 5.85. The highest BCUT2D eigenvalue weighted by atomic mass is 32.2. The van der Waals surface area contributed by atoms with E-state index in [2.05, 4.69) is 15.6 Å². The summed E-state index contributed by atoms with van der Waals surface area (Å²) in [5.74, 6) is 0.720. The first kappa shape index (κ1) is 22.0. The van der Waals surface area contributed by atoms with Gasteiger partial charge in [0.05, 0.1) is 5.69 Å². The number of hydrogen-bond acceptors (Lipinski definition) is 7. The number of rotatable bonds is 5. The van der Waals surface area contributed by atoms with E-state index >= 15 is 0 Å². The molecule has 1 aliphatic heterocycles. The second-order valence-corrected chi connectivity index (χ2v) is 9.47. The SMILES string of the molecule is CN1C(=O)[C@@H](NC(=O)OC(C)(C)C)CSc2cnc(NCC(C)(C)C=O)cc21. The van der Waals surface area contributed by atoms with Crippen LogP contribution in [0.2, 0.25) is 0 Å². The molecule has 0 radical (unpaired) electrons. The van der Waals surface area contributed by atoms with Crippen molar-refractivity contribution < 1.29 is 19.1 Å². The number of likely N-dealkylation sites (N-methyl/N-ethyl adjacent to an activating group) is 1.